The first-order chi connectivity index (χ1) is 10.7. The molecular formula is C20H33N2O. The molecule has 0 unspecified atom stereocenters. The summed E-state index contributed by atoms with van der Waals surface area (Å²) in [5.41, 5.74) is 0.750. The zero-order valence-electron chi connectivity index (χ0n) is 16.0. The van der Waals surface area contributed by atoms with Crippen LogP contribution < -0.4 is 0 Å². The van der Waals surface area contributed by atoms with Gasteiger partial charge in [-0.2, -0.15) is 0 Å². The summed E-state index contributed by atoms with van der Waals surface area (Å²) in [6.07, 6.45) is 0.811. The average Bonchev–Trinajstić information content (AvgIpc) is 2.45. The third-order valence-corrected chi connectivity index (χ3v) is 3.95. The zero-order valence-corrected chi connectivity index (χ0v) is 16.0. The van der Waals surface area contributed by atoms with Crippen molar-refractivity contribution in [3.05, 3.63) is 42.1 Å². The van der Waals surface area contributed by atoms with E-state index in [2.05, 4.69) is 65.2 Å². The Bertz CT molecular complexity index is 444. The Morgan fingerprint density at radius 2 is 1.04 bits per heavy atom. The van der Waals surface area contributed by atoms with Gasteiger partial charge in [0.25, 0.3) is 0 Å². The number of carbonyl (C=O) groups excluding carboxylic acids is 1. The summed E-state index contributed by atoms with van der Waals surface area (Å²) in [5, 5.41) is 0. The fourth-order valence-electron chi connectivity index (χ4n) is 3.26. The van der Waals surface area contributed by atoms with E-state index in [0.717, 1.165) is 11.7 Å². The molecule has 1 rings (SSSR count). The summed E-state index contributed by atoms with van der Waals surface area (Å²) in [6, 6.07) is 10.6. The third-order valence-electron chi connectivity index (χ3n) is 3.95. The van der Waals surface area contributed by atoms with E-state index >= 15 is 0 Å². The van der Waals surface area contributed by atoms with E-state index in [9.17, 15) is 4.79 Å². The van der Waals surface area contributed by atoms with Crippen molar-refractivity contribution in [2.75, 3.05) is 0 Å². The average molecular weight is 317 g/mol. The van der Waals surface area contributed by atoms with Crippen LogP contribution in [0.15, 0.2) is 30.3 Å². The van der Waals surface area contributed by atoms with Gasteiger partial charge in [0.05, 0.1) is 0 Å². The summed E-state index contributed by atoms with van der Waals surface area (Å²) < 4.78 is 0. The summed E-state index contributed by atoms with van der Waals surface area (Å²) in [5.74, 6) is 0.107. The standard InChI is InChI=1S/C20H33N2O/c1-14(2)21(15(3)4)20(22(16(5)6)17(7)8)19(23)18-12-10-9-11-13-18/h9-17H,1-8H3. The molecule has 0 spiro atoms. The first kappa shape index (κ1) is 19.9. The lowest BCUT2D eigenvalue weighted by atomic mass is 10.0. The molecule has 0 fully saturated rings. The van der Waals surface area contributed by atoms with Gasteiger partial charge in [-0.15, -0.1) is 0 Å². The van der Waals surface area contributed by atoms with Crippen molar-refractivity contribution in [2.24, 2.45) is 0 Å². The lowest BCUT2D eigenvalue weighted by molar-refractivity contribution is 0.0364. The second kappa shape index (κ2) is 8.60. The second-order valence-electron chi connectivity index (χ2n) is 7.21. The normalized spacial score (nSPS) is 12.7. The van der Waals surface area contributed by atoms with Crippen LogP contribution in [0.2, 0.25) is 0 Å². The maximum absolute atomic E-state index is 13.3. The molecule has 1 radical (unpaired) electrons. The van der Waals surface area contributed by atoms with Crippen LogP contribution in [0.5, 0.6) is 0 Å². The molecule has 1 aromatic rings. The highest BCUT2D eigenvalue weighted by Gasteiger charge is 2.39. The van der Waals surface area contributed by atoms with Crippen molar-refractivity contribution >= 4 is 5.78 Å². The minimum absolute atomic E-state index is 0.107. The Hall–Kier alpha value is -1.19. The Kier molecular flexibility index (Phi) is 7.43. The molecule has 0 aliphatic carbocycles. The third kappa shape index (κ3) is 4.89. The molecule has 0 bridgehead atoms. The van der Waals surface area contributed by atoms with Crippen LogP contribution >= 0.6 is 0 Å². The van der Waals surface area contributed by atoms with Gasteiger partial charge in [-0.1, -0.05) is 30.3 Å². The Labute approximate surface area is 142 Å². The molecule has 0 saturated carbocycles. The van der Waals surface area contributed by atoms with Gasteiger partial charge in [0.2, 0.25) is 5.78 Å². The molecule has 23 heavy (non-hydrogen) atoms. The highest BCUT2D eigenvalue weighted by molar-refractivity contribution is 6.05. The van der Waals surface area contributed by atoms with E-state index in [1.165, 1.54) is 0 Å². The molecule has 3 nitrogen and oxygen atoms in total. The molecule has 129 valence electrons. The van der Waals surface area contributed by atoms with Crippen molar-refractivity contribution in [1.82, 2.24) is 9.80 Å². The first-order valence-electron chi connectivity index (χ1n) is 8.71. The molecule has 0 amide bonds. The lowest BCUT2D eigenvalue weighted by Crippen LogP contribution is -2.55. The Morgan fingerprint density at radius 1 is 0.696 bits per heavy atom. The molecule has 1 aromatic carbocycles. The highest BCUT2D eigenvalue weighted by Crippen LogP contribution is 2.28. The largest absolute Gasteiger partial charge is 0.290 e. The van der Waals surface area contributed by atoms with E-state index in [1.54, 1.807) is 0 Å². The van der Waals surface area contributed by atoms with Crippen molar-refractivity contribution in [2.45, 2.75) is 79.6 Å². The number of Topliss-reactive ketones (excluding diaryl/α,β-unsaturated/α-hetero) is 1. The van der Waals surface area contributed by atoms with E-state index in [0.29, 0.717) is 0 Å². The lowest BCUT2D eigenvalue weighted by Gasteiger charge is -2.45. The Morgan fingerprint density at radius 3 is 1.35 bits per heavy atom. The van der Waals surface area contributed by atoms with E-state index in [4.69, 9.17) is 0 Å². The van der Waals surface area contributed by atoms with Crippen molar-refractivity contribution in [3.8, 4) is 0 Å². The predicted octanol–water partition coefficient (Wildman–Crippen LogP) is 4.60. The first-order valence-corrected chi connectivity index (χ1v) is 8.71. The molecule has 0 atom stereocenters. The van der Waals surface area contributed by atoms with Crippen LogP contribution in [-0.2, 0) is 0 Å². The van der Waals surface area contributed by atoms with Crippen LogP contribution in [0.25, 0.3) is 0 Å². The van der Waals surface area contributed by atoms with Crippen molar-refractivity contribution in [3.63, 3.8) is 0 Å². The van der Waals surface area contributed by atoms with Crippen LogP contribution in [-0.4, -0.2) is 39.8 Å². The van der Waals surface area contributed by atoms with E-state index in [1.807, 2.05) is 30.3 Å². The molecule has 0 aliphatic rings. The topological polar surface area (TPSA) is 23.6 Å². The minimum Gasteiger partial charge on any atom is -0.290 e. The van der Waals surface area contributed by atoms with Gasteiger partial charge in [-0.3, -0.25) is 14.6 Å². The van der Waals surface area contributed by atoms with Gasteiger partial charge >= 0.3 is 0 Å². The summed E-state index contributed by atoms with van der Waals surface area (Å²) in [4.78, 5) is 17.8. The molecular weight excluding hydrogens is 284 g/mol. The molecule has 0 aromatic heterocycles. The van der Waals surface area contributed by atoms with E-state index in [-0.39, 0.29) is 30.0 Å². The van der Waals surface area contributed by atoms with Crippen LogP contribution in [0.3, 0.4) is 0 Å². The highest BCUT2D eigenvalue weighted by atomic mass is 16.1. The second-order valence-corrected chi connectivity index (χ2v) is 7.21. The number of ketones is 1. The maximum atomic E-state index is 13.3. The molecule has 0 aliphatic heterocycles. The van der Waals surface area contributed by atoms with Crippen molar-refractivity contribution < 1.29 is 4.79 Å². The quantitative estimate of drug-likeness (QED) is 0.655. The van der Waals surface area contributed by atoms with Gasteiger partial charge in [-0.25, -0.2) is 0 Å². The monoisotopic (exact) mass is 317 g/mol. The number of rotatable bonds is 8. The van der Waals surface area contributed by atoms with E-state index < -0.39 is 0 Å². The summed E-state index contributed by atoms with van der Waals surface area (Å²) in [7, 11) is 0. The Balaban J connectivity index is 3.38. The fraction of sp³-hybridized carbons (Fsp3) is 0.600. The predicted molar refractivity (Wildman–Crippen MR) is 98.2 cm³/mol. The van der Waals surface area contributed by atoms with Gasteiger partial charge in [0.15, 0.2) is 6.17 Å². The van der Waals surface area contributed by atoms with Crippen LogP contribution in [0, 0.1) is 6.17 Å². The molecule has 0 heterocycles. The minimum atomic E-state index is 0.107. The number of nitrogens with zero attached hydrogens (tertiary/aromatic N) is 2. The van der Waals surface area contributed by atoms with Gasteiger partial charge in [-0.05, 0) is 55.4 Å². The molecule has 0 saturated heterocycles. The smallest absolute Gasteiger partial charge is 0.201 e. The summed E-state index contributed by atoms with van der Waals surface area (Å²) >= 11 is 0. The number of benzene rings is 1. The van der Waals surface area contributed by atoms with Gasteiger partial charge in [0.1, 0.15) is 0 Å². The van der Waals surface area contributed by atoms with Crippen LogP contribution in [0.1, 0.15) is 65.7 Å². The van der Waals surface area contributed by atoms with Gasteiger partial charge < -0.3 is 0 Å². The number of hydrogen-bond acceptors (Lipinski definition) is 3. The number of carbonyl (C=O) groups is 1. The molecule has 3 heteroatoms. The fourth-order valence-corrected chi connectivity index (χ4v) is 3.26. The number of hydrogen-bond donors (Lipinski definition) is 0. The zero-order chi connectivity index (χ0) is 17.7. The SMILES string of the molecule is CC(C)N([C](C(=O)c1ccccc1)N(C(C)C)C(C)C)C(C)C. The maximum Gasteiger partial charge on any atom is 0.201 e. The van der Waals surface area contributed by atoms with Crippen molar-refractivity contribution in [1.29, 1.82) is 0 Å². The molecule has 0 N–H and O–H groups in total. The summed E-state index contributed by atoms with van der Waals surface area (Å²) in [6.45, 7) is 17.2. The van der Waals surface area contributed by atoms with Crippen LogP contribution in [0.4, 0.5) is 0 Å². The van der Waals surface area contributed by atoms with Gasteiger partial charge in [0, 0.05) is 29.7 Å².